The number of nitrogens with one attached hydrogen (secondary N) is 1. The van der Waals surface area contributed by atoms with Crippen molar-refractivity contribution in [2.75, 3.05) is 5.32 Å². The number of carbonyl (C=O) groups excluding carboxylic acids is 1. The number of hydrogen-bond acceptors (Lipinski definition) is 5. The second-order valence-electron chi connectivity index (χ2n) is 9.26. The Hall–Kier alpha value is -3.04. The summed E-state index contributed by atoms with van der Waals surface area (Å²) in [6.07, 6.45) is 4.39. The van der Waals surface area contributed by atoms with Crippen LogP contribution in [0, 0.1) is 0 Å². The molecule has 0 bridgehead atoms. The molecule has 0 unspecified atom stereocenters. The largest absolute Gasteiger partial charge is 0.322 e. The zero-order valence-electron chi connectivity index (χ0n) is 19.3. The first-order valence-electron chi connectivity index (χ1n) is 11.7. The van der Waals surface area contributed by atoms with Crippen LogP contribution < -0.4 is 10.9 Å². The van der Waals surface area contributed by atoms with E-state index in [-0.39, 0.29) is 28.4 Å². The molecule has 0 saturated carbocycles. The van der Waals surface area contributed by atoms with Crippen molar-refractivity contribution < 1.29 is 13.2 Å². The highest BCUT2D eigenvalue weighted by molar-refractivity contribution is 7.89. The van der Waals surface area contributed by atoms with Crippen LogP contribution in [0.2, 0.25) is 0 Å². The summed E-state index contributed by atoms with van der Waals surface area (Å²) >= 11 is 0. The van der Waals surface area contributed by atoms with Crippen LogP contribution in [0.25, 0.3) is 10.9 Å². The summed E-state index contributed by atoms with van der Waals surface area (Å²) in [6.45, 7) is 4.58. The molecular formula is C25H28N4O4S. The van der Waals surface area contributed by atoms with E-state index in [2.05, 4.69) is 10.3 Å². The molecule has 2 aliphatic heterocycles. The highest BCUT2D eigenvalue weighted by atomic mass is 32.2. The first kappa shape index (κ1) is 22.7. The second-order valence-corrected chi connectivity index (χ2v) is 11.1. The Kier molecular flexibility index (Phi) is 5.77. The third-order valence-electron chi connectivity index (χ3n) is 6.88. The highest BCUT2D eigenvalue weighted by Crippen LogP contribution is 2.30. The molecule has 1 N–H and O–H groups in total. The van der Waals surface area contributed by atoms with Crippen molar-refractivity contribution in [3.05, 3.63) is 64.2 Å². The average molecular weight is 481 g/mol. The molecule has 0 radical (unpaired) electrons. The van der Waals surface area contributed by atoms with Crippen molar-refractivity contribution in [2.24, 2.45) is 0 Å². The maximum atomic E-state index is 13.2. The van der Waals surface area contributed by atoms with E-state index in [1.807, 2.05) is 13.8 Å². The SMILES string of the molecule is C[C@@H]1CCC[C@H](C)N1S(=O)(=O)c1ccc(NC(=O)c2ccc3c(=O)n4c(nc3c2)CCC4)cc1. The number of fused-ring (bicyclic) bond motifs is 2. The lowest BCUT2D eigenvalue weighted by Gasteiger charge is -2.37. The first-order valence-corrected chi connectivity index (χ1v) is 13.2. The van der Waals surface area contributed by atoms with Crippen LogP contribution in [0.3, 0.4) is 0 Å². The number of anilines is 1. The summed E-state index contributed by atoms with van der Waals surface area (Å²) in [4.78, 5) is 30.3. The molecule has 2 aromatic carbocycles. The Labute approximate surface area is 198 Å². The van der Waals surface area contributed by atoms with Gasteiger partial charge in [-0.15, -0.1) is 0 Å². The number of sulfonamides is 1. The predicted molar refractivity (Wildman–Crippen MR) is 131 cm³/mol. The smallest absolute Gasteiger partial charge is 0.261 e. The molecule has 0 spiro atoms. The van der Waals surface area contributed by atoms with Crippen LogP contribution in [-0.2, 0) is 23.0 Å². The van der Waals surface area contributed by atoms with Crippen molar-refractivity contribution in [1.29, 1.82) is 0 Å². The van der Waals surface area contributed by atoms with Gasteiger partial charge < -0.3 is 5.32 Å². The summed E-state index contributed by atoms with van der Waals surface area (Å²) in [5.74, 6) is 0.405. The molecule has 0 aliphatic carbocycles. The van der Waals surface area contributed by atoms with Gasteiger partial charge in [-0.05, 0) is 75.6 Å². The van der Waals surface area contributed by atoms with Gasteiger partial charge in [0, 0.05) is 36.3 Å². The number of rotatable bonds is 4. The van der Waals surface area contributed by atoms with Gasteiger partial charge in [-0.3, -0.25) is 14.2 Å². The van der Waals surface area contributed by atoms with E-state index >= 15 is 0 Å². The number of nitrogens with zero attached hydrogens (tertiary/aromatic N) is 3. The Bertz CT molecular complexity index is 1420. The molecule has 1 amide bonds. The lowest BCUT2D eigenvalue weighted by Crippen LogP contribution is -2.47. The monoisotopic (exact) mass is 480 g/mol. The van der Waals surface area contributed by atoms with Crippen LogP contribution in [-0.4, -0.2) is 40.3 Å². The second kappa shape index (κ2) is 8.63. The number of carbonyl (C=O) groups is 1. The summed E-state index contributed by atoms with van der Waals surface area (Å²) in [7, 11) is -3.61. The highest BCUT2D eigenvalue weighted by Gasteiger charge is 2.35. The van der Waals surface area contributed by atoms with Crippen LogP contribution in [0.15, 0.2) is 52.2 Å². The maximum Gasteiger partial charge on any atom is 0.261 e. The minimum Gasteiger partial charge on any atom is -0.322 e. The van der Waals surface area contributed by atoms with Gasteiger partial charge in [-0.2, -0.15) is 4.31 Å². The molecule has 1 fully saturated rings. The van der Waals surface area contributed by atoms with Crippen LogP contribution in [0.1, 0.15) is 55.7 Å². The molecule has 34 heavy (non-hydrogen) atoms. The fourth-order valence-electron chi connectivity index (χ4n) is 5.13. The quantitative estimate of drug-likeness (QED) is 0.615. The minimum atomic E-state index is -3.61. The fraction of sp³-hybridized carbons (Fsp3) is 0.400. The number of aromatic nitrogens is 2. The number of amides is 1. The molecule has 2 aliphatic rings. The molecule has 1 aromatic heterocycles. The average Bonchev–Trinajstić information content (AvgIpc) is 3.28. The van der Waals surface area contributed by atoms with E-state index in [0.29, 0.717) is 28.7 Å². The summed E-state index contributed by atoms with van der Waals surface area (Å²) in [5.41, 5.74) is 1.32. The van der Waals surface area contributed by atoms with Gasteiger partial charge in [0.1, 0.15) is 5.82 Å². The van der Waals surface area contributed by atoms with E-state index in [0.717, 1.165) is 37.9 Å². The predicted octanol–water partition coefficient (Wildman–Crippen LogP) is 3.55. The minimum absolute atomic E-state index is 0.0380. The summed E-state index contributed by atoms with van der Waals surface area (Å²) < 4.78 is 29.7. The van der Waals surface area contributed by atoms with Gasteiger partial charge in [-0.1, -0.05) is 6.42 Å². The Morgan fingerprint density at radius 3 is 2.44 bits per heavy atom. The van der Waals surface area contributed by atoms with E-state index in [1.165, 1.54) is 12.1 Å². The molecule has 5 rings (SSSR count). The van der Waals surface area contributed by atoms with Crippen LogP contribution in [0.4, 0.5) is 5.69 Å². The first-order chi connectivity index (χ1) is 16.3. The van der Waals surface area contributed by atoms with Crippen LogP contribution >= 0.6 is 0 Å². The third-order valence-corrected chi connectivity index (χ3v) is 9.02. The number of piperidine rings is 1. The number of benzene rings is 2. The standard InChI is InChI=1S/C25H28N4O4S/c1-16-5-3-6-17(2)29(16)34(32,33)20-11-9-19(10-12-20)26-24(30)18-8-13-21-22(15-18)27-23-7-4-14-28(23)25(21)31/h8-13,15-17H,3-7,14H2,1-2H3,(H,26,30)/t16-,17+. The lowest BCUT2D eigenvalue weighted by molar-refractivity contribution is 0.102. The van der Waals surface area contributed by atoms with Gasteiger partial charge in [0.2, 0.25) is 10.0 Å². The third kappa shape index (κ3) is 3.92. The fourth-order valence-corrected chi connectivity index (χ4v) is 7.01. The zero-order chi connectivity index (χ0) is 24.0. The van der Waals surface area contributed by atoms with E-state index in [4.69, 9.17) is 0 Å². The van der Waals surface area contributed by atoms with Crippen LogP contribution in [0.5, 0.6) is 0 Å². The molecule has 3 aromatic rings. The van der Waals surface area contributed by atoms with Gasteiger partial charge in [0.25, 0.3) is 11.5 Å². The summed E-state index contributed by atoms with van der Waals surface area (Å²) in [5, 5.41) is 3.31. The zero-order valence-corrected chi connectivity index (χ0v) is 20.1. The topological polar surface area (TPSA) is 101 Å². The molecule has 1 saturated heterocycles. The number of hydrogen-bond donors (Lipinski definition) is 1. The van der Waals surface area contributed by atoms with Crippen molar-refractivity contribution in [2.45, 2.75) is 69.5 Å². The van der Waals surface area contributed by atoms with Gasteiger partial charge >= 0.3 is 0 Å². The molecule has 8 nitrogen and oxygen atoms in total. The molecule has 2 atom stereocenters. The number of aryl methyl sites for hydroxylation is 1. The van der Waals surface area contributed by atoms with Crippen molar-refractivity contribution in [3.8, 4) is 0 Å². The molecule has 9 heteroatoms. The van der Waals surface area contributed by atoms with Gasteiger partial charge in [0.15, 0.2) is 0 Å². The molecular weight excluding hydrogens is 452 g/mol. The van der Waals surface area contributed by atoms with E-state index in [1.54, 1.807) is 39.2 Å². The van der Waals surface area contributed by atoms with Gasteiger partial charge in [-0.25, -0.2) is 13.4 Å². The normalized spacial score (nSPS) is 20.9. The Morgan fingerprint density at radius 1 is 1.03 bits per heavy atom. The van der Waals surface area contributed by atoms with Crippen molar-refractivity contribution in [1.82, 2.24) is 13.9 Å². The Morgan fingerprint density at radius 2 is 1.74 bits per heavy atom. The molecule has 178 valence electrons. The molecule has 3 heterocycles. The lowest BCUT2D eigenvalue weighted by atomic mass is 10.0. The van der Waals surface area contributed by atoms with Crippen molar-refractivity contribution in [3.63, 3.8) is 0 Å². The van der Waals surface area contributed by atoms with E-state index in [9.17, 15) is 18.0 Å². The van der Waals surface area contributed by atoms with Gasteiger partial charge in [0.05, 0.1) is 15.8 Å². The van der Waals surface area contributed by atoms with E-state index < -0.39 is 10.0 Å². The maximum absolute atomic E-state index is 13.2. The summed E-state index contributed by atoms with van der Waals surface area (Å²) in [6, 6.07) is 11.1. The Balaban J connectivity index is 1.36. The van der Waals surface area contributed by atoms with Crippen molar-refractivity contribution >= 4 is 32.5 Å².